The minimum absolute atomic E-state index is 0.0321. The molecule has 4 rings (SSSR count). The first-order valence-electron chi connectivity index (χ1n) is 10.6. The van der Waals surface area contributed by atoms with Gasteiger partial charge in [0.1, 0.15) is 11.6 Å². The van der Waals surface area contributed by atoms with Crippen LogP contribution in [0.25, 0.3) is 17.0 Å². The average molecular weight is 451 g/mol. The second kappa shape index (κ2) is 9.70. The summed E-state index contributed by atoms with van der Waals surface area (Å²) in [7, 11) is 5.95. The van der Waals surface area contributed by atoms with E-state index < -0.39 is 5.82 Å². The summed E-state index contributed by atoms with van der Waals surface area (Å²) in [6.45, 7) is 3.51. The van der Waals surface area contributed by atoms with Gasteiger partial charge in [0, 0.05) is 49.4 Å². The Bertz CT molecular complexity index is 1260. The van der Waals surface area contributed by atoms with Gasteiger partial charge in [-0.15, -0.1) is 0 Å². The van der Waals surface area contributed by atoms with E-state index in [4.69, 9.17) is 4.74 Å². The number of hydrogen-bond acceptors (Lipinski definition) is 7. The number of H-pyrrole nitrogens is 2. The molecule has 0 saturated carbocycles. The van der Waals surface area contributed by atoms with Gasteiger partial charge < -0.3 is 24.8 Å². The van der Waals surface area contributed by atoms with E-state index in [2.05, 4.69) is 35.4 Å². The van der Waals surface area contributed by atoms with E-state index in [0.717, 1.165) is 18.8 Å². The van der Waals surface area contributed by atoms with Crippen LogP contribution in [-0.4, -0.2) is 64.3 Å². The monoisotopic (exact) mass is 450 g/mol. The molecule has 0 spiro atoms. The molecule has 172 valence electrons. The first-order chi connectivity index (χ1) is 15.9. The molecule has 9 nitrogen and oxygen atoms in total. The molecule has 1 aromatic carbocycles. The smallest absolute Gasteiger partial charge is 0.326 e. The summed E-state index contributed by atoms with van der Waals surface area (Å²) in [6.07, 6.45) is 5.51. The molecule has 0 aliphatic carbocycles. The molecule has 0 amide bonds. The molecule has 3 N–H and O–H groups in total. The fourth-order valence-electron chi connectivity index (χ4n) is 3.23. The number of aromatic nitrogens is 5. The summed E-state index contributed by atoms with van der Waals surface area (Å²) in [5, 5.41) is 10.8. The van der Waals surface area contributed by atoms with Crippen LogP contribution in [-0.2, 0) is 0 Å². The van der Waals surface area contributed by atoms with Gasteiger partial charge in [-0.3, -0.25) is 5.10 Å². The standard InChI is InChI=1S/C23H27FN8O/c1-5-6-15-13-20(30-29-15)26-19-14-21(32(4)12-11-31(2)3)28-23(27-19)33-18-8-7-17-16(22(18)24)9-10-25-17/h5-10,13-14,25H,11-12H2,1-4H3,(H2,26,27,28,29,30)/b6-5+. The molecule has 0 bridgehead atoms. The van der Waals surface area contributed by atoms with Gasteiger partial charge in [-0.05, 0) is 45.3 Å². The number of nitrogens with one attached hydrogen (secondary N) is 3. The molecule has 33 heavy (non-hydrogen) atoms. The predicted octanol–water partition coefficient (Wildman–Crippen LogP) is 4.39. The van der Waals surface area contributed by atoms with Crippen molar-refractivity contribution >= 4 is 34.4 Å². The second-order valence-corrected chi connectivity index (χ2v) is 7.87. The third kappa shape index (κ3) is 5.29. The lowest BCUT2D eigenvalue weighted by Crippen LogP contribution is -2.29. The summed E-state index contributed by atoms with van der Waals surface area (Å²) < 4.78 is 20.7. The number of fused-ring (bicyclic) bond motifs is 1. The zero-order valence-electron chi connectivity index (χ0n) is 19.1. The number of ether oxygens (including phenoxy) is 1. The normalized spacial score (nSPS) is 11.6. The molecule has 0 saturated heterocycles. The molecule has 0 fully saturated rings. The van der Waals surface area contributed by atoms with E-state index in [1.165, 1.54) is 0 Å². The summed E-state index contributed by atoms with van der Waals surface area (Å²) in [5.74, 6) is 1.29. The molecule has 10 heteroatoms. The third-order valence-electron chi connectivity index (χ3n) is 5.00. The Kier molecular flexibility index (Phi) is 6.55. The van der Waals surface area contributed by atoms with Crippen LogP contribution in [0.3, 0.4) is 0 Å². The van der Waals surface area contributed by atoms with Gasteiger partial charge in [0.15, 0.2) is 17.4 Å². The van der Waals surface area contributed by atoms with Gasteiger partial charge in [-0.1, -0.05) is 6.08 Å². The number of aromatic amines is 2. The Labute approximate surface area is 191 Å². The lowest BCUT2D eigenvalue weighted by atomic mass is 10.2. The highest BCUT2D eigenvalue weighted by molar-refractivity contribution is 5.81. The van der Waals surface area contributed by atoms with Gasteiger partial charge in [0.25, 0.3) is 0 Å². The van der Waals surface area contributed by atoms with Crippen LogP contribution < -0.4 is 15.0 Å². The Morgan fingerprint density at radius 1 is 1.09 bits per heavy atom. The Hall–Kier alpha value is -3.92. The zero-order valence-corrected chi connectivity index (χ0v) is 19.1. The number of anilines is 3. The van der Waals surface area contributed by atoms with E-state index in [9.17, 15) is 4.39 Å². The molecule has 0 aliphatic rings. The van der Waals surface area contributed by atoms with E-state index >= 15 is 0 Å². The van der Waals surface area contributed by atoms with Crippen molar-refractivity contribution in [2.75, 3.05) is 44.4 Å². The van der Waals surface area contributed by atoms with Crippen molar-refractivity contribution in [2.24, 2.45) is 0 Å². The molecule has 0 unspecified atom stereocenters. The van der Waals surface area contributed by atoms with Gasteiger partial charge >= 0.3 is 6.01 Å². The van der Waals surface area contributed by atoms with Crippen molar-refractivity contribution < 1.29 is 9.13 Å². The summed E-state index contributed by atoms with van der Waals surface area (Å²) in [6, 6.07) is 8.67. The quantitative estimate of drug-likeness (QED) is 0.348. The van der Waals surface area contributed by atoms with Crippen LogP contribution in [0.5, 0.6) is 11.8 Å². The maximum atomic E-state index is 14.9. The van der Waals surface area contributed by atoms with Crippen LogP contribution in [0, 0.1) is 5.82 Å². The van der Waals surface area contributed by atoms with Gasteiger partial charge in [-0.25, -0.2) is 4.39 Å². The van der Waals surface area contributed by atoms with Crippen LogP contribution in [0.1, 0.15) is 12.6 Å². The highest BCUT2D eigenvalue weighted by atomic mass is 19.1. The van der Waals surface area contributed by atoms with E-state index in [-0.39, 0.29) is 11.8 Å². The Morgan fingerprint density at radius 3 is 2.73 bits per heavy atom. The second-order valence-electron chi connectivity index (χ2n) is 7.87. The van der Waals surface area contributed by atoms with Crippen molar-refractivity contribution in [2.45, 2.75) is 6.92 Å². The van der Waals surface area contributed by atoms with Crippen molar-refractivity contribution in [3.8, 4) is 11.8 Å². The maximum absolute atomic E-state index is 14.9. The van der Waals surface area contributed by atoms with Crippen molar-refractivity contribution in [1.82, 2.24) is 30.0 Å². The van der Waals surface area contributed by atoms with Crippen LogP contribution in [0.4, 0.5) is 21.8 Å². The third-order valence-corrected chi connectivity index (χ3v) is 5.00. The van der Waals surface area contributed by atoms with Gasteiger partial charge in [-0.2, -0.15) is 15.1 Å². The highest BCUT2D eigenvalue weighted by Crippen LogP contribution is 2.30. The van der Waals surface area contributed by atoms with E-state index in [1.54, 1.807) is 30.5 Å². The number of nitrogens with zero attached hydrogens (tertiary/aromatic N) is 5. The van der Waals surface area contributed by atoms with Crippen LogP contribution in [0.15, 0.2) is 42.6 Å². The zero-order chi connectivity index (χ0) is 23.4. The molecular formula is C23H27FN8O. The predicted molar refractivity (Wildman–Crippen MR) is 129 cm³/mol. The molecule has 3 heterocycles. The molecule has 3 aromatic heterocycles. The Balaban J connectivity index is 1.65. The molecular weight excluding hydrogens is 423 g/mol. The van der Waals surface area contributed by atoms with Crippen molar-refractivity contribution in [3.05, 3.63) is 54.1 Å². The summed E-state index contributed by atoms with van der Waals surface area (Å²) in [4.78, 5) is 16.0. The SMILES string of the molecule is C/C=C/c1cc(Nc2cc(N(C)CCN(C)C)nc(Oc3ccc4[nH]ccc4c3F)n2)n[nH]1. The average Bonchev–Trinajstić information content (AvgIpc) is 3.44. The lowest BCUT2D eigenvalue weighted by Gasteiger charge is -2.21. The number of benzene rings is 1. The van der Waals surface area contributed by atoms with E-state index in [0.29, 0.717) is 28.4 Å². The molecule has 4 aromatic rings. The topological polar surface area (TPSA) is 98.0 Å². The fourth-order valence-corrected chi connectivity index (χ4v) is 3.23. The summed E-state index contributed by atoms with van der Waals surface area (Å²) >= 11 is 0. The van der Waals surface area contributed by atoms with Crippen molar-refractivity contribution in [1.29, 1.82) is 0 Å². The number of allylic oxidation sites excluding steroid dienone is 1. The van der Waals surface area contributed by atoms with Crippen LogP contribution >= 0.6 is 0 Å². The minimum atomic E-state index is -0.471. The maximum Gasteiger partial charge on any atom is 0.326 e. The van der Waals surface area contributed by atoms with Gasteiger partial charge in [0.05, 0.1) is 5.69 Å². The van der Waals surface area contributed by atoms with Crippen LogP contribution in [0.2, 0.25) is 0 Å². The molecule has 0 atom stereocenters. The first kappa shape index (κ1) is 22.3. The minimum Gasteiger partial charge on any atom is -0.421 e. The number of hydrogen-bond donors (Lipinski definition) is 3. The highest BCUT2D eigenvalue weighted by Gasteiger charge is 2.15. The largest absolute Gasteiger partial charge is 0.421 e. The van der Waals surface area contributed by atoms with Crippen molar-refractivity contribution in [3.63, 3.8) is 0 Å². The molecule has 0 radical (unpaired) electrons. The van der Waals surface area contributed by atoms with Gasteiger partial charge in [0.2, 0.25) is 0 Å². The molecule has 0 aliphatic heterocycles. The first-order valence-corrected chi connectivity index (χ1v) is 10.6. The number of likely N-dealkylation sites (N-methyl/N-ethyl adjacent to an activating group) is 2. The lowest BCUT2D eigenvalue weighted by molar-refractivity contribution is 0.409. The number of halogens is 1. The fraction of sp³-hybridized carbons (Fsp3) is 0.261. The Morgan fingerprint density at radius 2 is 1.94 bits per heavy atom. The number of rotatable bonds is 9. The summed E-state index contributed by atoms with van der Waals surface area (Å²) in [5.41, 5.74) is 1.55. The van der Waals surface area contributed by atoms with E-state index in [1.807, 2.05) is 51.2 Å².